The van der Waals surface area contributed by atoms with Crippen LogP contribution in [0.15, 0.2) is 18.2 Å². The maximum Gasteiger partial charge on any atom is 0.320 e. The molecular formula is C14H20ClNO2. The molecule has 1 aromatic rings. The van der Waals surface area contributed by atoms with Gasteiger partial charge in [0.05, 0.1) is 0 Å². The van der Waals surface area contributed by atoms with Crippen molar-refractivity contribution in [1.82, 2.24) is 5.32 Å². The lowest BCUT2D eigenvalue weighted by atomic mass is 10.0. The van der Waals surface area contributed by atoms with Crippen LogP contribution in [0, 0.1) is 12.8 Å². The molecule has 0 aliphatic heterocycles. The van der Waals surface area contributed by atoms with E-state index in [1.165, 1.54) is 0 Å². The van der Waals surface area contributed by atoms with Crippen LogP contribution in [-0.2, 0) is 11.3 Å². The third-order valence-electron chi connectivity index (χ3n) is 2.66. The van der Waals surface area contributed by atoms with Gasteiger partial charge in [-0.3, -0.25) is 4.79 Å². The van der Waals surface area contributed by atoms with Gasteiger partial charge < -0.3 is 10.4 Å². The molecule has 0 aliphatic carbocycles. The smallest absolute Gasteiger partial charge is 0.320 e. The Balaban J connectivity index is 2.63. The average Bonchev–Trinajstić information content (AvgIpc) is 2.21. The number of rotatable bonds is 6. The van der Waals surface area contributed by atoms with Crippen LogP contribution < -0.4 is 5.32 Å². The minimum absolute atomic E-state index is 0.347. The van der Waals surface area contributed by atoms with Crippen LogP contribution in [0.25, 0.3) is 0 Å². The lowest BCUT2D eigenvalue weighted by Gasteiger charge is -2.16. The monoisotopic (exact) mass is 269 g/mol. The number of hydrogen-bond acceptors (Lipinski definition) is 2. The highest BCUT2D eigenvalue weighted by atomic mass is 35.5. The molecule has 1 unspecified atom stereocenters. The second kappa shape index (κ2) is 6.76. The standard InChI is InChI=1S/C14H20ClNO2/c1-9(2)4-13(14(17)18)16-8-11-5-10(3)6-12(15)7-11/h5-7,9,13,16H,4,8H2,1-3H3,(H,17,18). The molecule has 0 radical (unpaired) electrons. The number of aryl methyl sites for hydroxylation is 1. The zero-order chi connectivity index (χ0) is 13.7. The second-order valence-corrected chi connectivity index (χ2v) is 5.47. The van der Waals surface area contributed by atoms with Crippen LogP contribution >= 0.6 is 11.6 Å². The van der Waals surface area contributed by atoms with E-state index in [-0.39, 0.29) is 0 Å². The van der Waals surface area contributed by atoms with E-state index in [0.717, 1.165) is 11.1 Å². The fourth-order valence-corrected chi connectivity index (χ4v) is 2.21. The minimum Gasteiger partial charge on any atom is -0.480 e. The SMILES string of the molecule is Cc1cc(Cl)cc(CNC(CC(C)C)C(=O)O)c1. The van der Waals surface area contributed by atoms with Gasteiger partial charge in [0, 0.05) is 11.6 Å². The number of carboxylic acid groups (broad SMARTS) is 1. The number of benzene rings is 1. The number of hydrogen-bond donors (Lipinski definition) is 2. The molecule has 0 saturated heterocycles. The summed E-state index contributed by atoms with van der Waals surface area (Å²) in [5, 5.41) is 12.9. The van der Waals surface area contributed by atoms with Crippen molar-refractivity contribution in [3.8, 4) is 0 Å². The van der Waals surface area contributed by atoms with Gasteiger partial charge in [0.15, 0.2) is 0 Å². The highest BCUT2D eigenvalue weighted by Crippen LogP contribution is 2.15. The number of aliphatic carboxylic acids is 1. The number of nitrogens with one attached hydrogen (secondary N) is 1. The first-order valence-corrected chi connectivity index (χ1v) is 6.48. The van der Waals surface area contributed by atoms with Gasteiger partial charge in [0.2, 0.25) is 0 Å². The summed E-state index contributed by atoms with van der Waals surface area (Å²) in [7, 11) is 0. The predicted molar refractivity (Wildman–Crippen MR) is 73.9 cm³/mol. The molecule has 0 saturated carbocycles. The highest BCUT2D eigenvalue weighted by Gasteiger charge is 2.17. The lowest BCUT2D eigenvalue weighted by molar-refractivity contribution is -0.140. The Morgan fingerprint density at radius 3 is 2.56 bits per heavy atom. The van der Waals surface area contributed by atoms with E-state index in [9.17, 15) is 4.79 Å². The maximum atomic E-state index is 11.1. The summed E-state index contributed by atoms with van der Waals surface area (Å²) in [4.78, 5) is 11.1. The zero-order valence-corrected chi connectivity index (χ0v) is 11.8. The molecule has 0 heterocycles. The van der Waals surface area contributed by atoms with E-state index in [2.05, 4.69) is 5.32 Å². The van der Waals surface area contributed by atoms with Crippen LogP contribution in [0.4, 0.5) is 0 Å². The Morgan fingerprint density at radius 1 is 1.39 bits per heavy atom. The molecule has 0 aliphatic rings. The molecule has 1 rings (SSSR count). The maximum absolute atomic E-state index is 11.1. The highest BCUT2D eigenvalue weighted by molar-refractivity contribution is 6.30. The average molecular weight is 270 g/mol. The first-order chi connectivity index (χ1) is 8.38. The lowest BCUT2D eigenvalue weighted by Crippen LogP contribution is -2.37. The predicted octanol–water partition coefficient (Wildman–Crippen LogP) is 3.24. The normalized spacial score (nSPS) is 12.7. The Morgan fingerprint density at radius 2 is 2.06 bits per heavy atom. The van der Waals surface area contributed by atoms with Crippen molar-refractivity contribution in [2.24, 2.45) is 5.92 Å². The fourth-order valence-electron chi connectivity index (χ4n) is 1.90. The van der Waals surface area contributed by atoms with Gasteiger partial charge in [-0.05, 0) is 42.5 Å². The topological polar surface area (TPSA) is 49.3 Å². The quantitative estimate of drug-likeness (QED) is 0.834. The van der Waals surface area contributed by atoms with Gasteiger partial charge >= 0.3 is 5.97 Å². The van der Waals surface area contributed by atoms with Crippen molar-refractivity contribution < 1.29 is 9.90 Å². The first-order valence-electron chi connectivity index (χ1n) is 6.10. The molecule has 100 valence electrons. The van der Waals surface area contributed by atoms with E-state index >= 15 is 0 Å². The third-order valence-corrected chi connectivity index (χ3v) is 2.88. The summed E-state index contributed by atoms with van der Waals surface area (Å²) >= 11 is 5.97. The summed E-state index contributed by atoms with van der Waals surface area (Å²) in [5.41, 5.74) is 2.09. The summed E-state index contributed by atoms with van der Waals surface area (Å²) in [6.45, 7) is 6.52. The molecule has 18 heavy (non-hydrogen) atoms. The first kappa shape index (κ1) is 15.0. The fraction of sp³-hybridized carbons (Fsp3) is 0.500. The molecule has 1 aromatic carbocycles. The summed E-state index contributed by atoms with van der Waals surface area (Å²) in [6.07, 6.45) is 0.620. The van der Waals surface area contributed by atoms with Crippen molar-refractivity contribution >= 4 is 17.6 Å². The summed E-state index contributed by atoms with van der Waals surface area (Å²) in [6, 6.07) is 5.24. The summed E-state index contributed by atoms with van der Waals surface area (Å²) < 4.78 is 0. The minimum atomic E-state index is -0.803. The Hall–Kier alpha value is -1.06. The molecule has 3 nitrogen and oxygen atoms in total. The van der Waals surface area contributed by atoms with Crippen molar-refractivity contribution in [3.05, 3.63) is 34.3 Å². The van der Waals surface area contributed by atoms with Crippen molar-refractivity contribution in [2.45, 2.75) is 39.8 Å². The van der Waals surface area contributed by atoms with Crippen LogP contribution in [0.2, 0.25) is 5.02 Å². The molecule has 0 bridgehead atoms. The summed E-state index contributed by atoms with van der Waals surface area (Å²) in [5.74, 6) is -0.456. The van der Waals surface area contributed by atoms with Crippen molar-refractivity contribution in [2.75, 3.05) is 0 Å². The van der Waals surface area contributed by atoms with Crippen LogP contribution in [0.3, 0.4) is 0 Å². The van der Waals surface area contributed by atoms with Gasteiger partial charge in [-0.15, -0.1) is 0 Å². The third kappa shape index (κ3) is 5.07. The van der Waals surface area contributed by atoms with E-state index in [1.807, 2.05) is 39.0 Å². The van der Waals surface area contributed by atoms with Gasteiger partial charge in [0.25, 0.3) is 0 Å². The molecule has 0 fully saturated rings. The zero-order valence-electron chi connectivity index (χ0n) is 11.0. The van der Waals surface area contributed by atoms with E-state index in [0.29, 0.717) is 23.9 Å². The van der Waals surface area contributed by atoms with Gasteiger partial charge in [-0.1, -0.05) is 31.5 Å². The van der Waals surface area contributed by atoms with Gasteiger partial charge in [0.1, 0.15) is 6.04 Å². The van der Waals surface area contributed by atoms with Gasteiger partial charge in [-0.2, -0.15) is 0 Å². The Bertz CT molecular complexity index is 398. The number of carboxylic acids is 1. The second-order valence-electron chi connectivity index (χ2n) is 5.04. The van der Waals surface area contributed by atoms with Crippen LogP contribution in [0.5, 0.6) is 0 Å². The van der Waals surface area contributed by atoms with Crippen molar-refractivity contribution in [3.63, 3.8) is 0 Å². The van der Waals surface area contributed by atoms with Gasteiger partial charge in [-0.25, -0.2) is 0 Å². The molecule has 1 atom stereocenters. The van der Waals surface area contributed by atoms with Crippen LogP contribution in [-0.4, -0.2) is 17.1 Å². The Labute approximate surface area is 113 Å². The molecule has 0 spiro atoms. The molecule has 2 N–H and O–H groups in total. The molecular weight excluding hydrogens is 250 g/mol. The van der Waals surface area contributed by atoms with E-state index < -0.39 is 12.0 Å². The van der Waals surface area contributed by atoms with E-state index in [1.54, 1.807) is 0 Å². The molecule has 0 aromatic heterocycles. The molecule has 0 amide bonds. The number of halogens is 1. The Kier molecular flexibility index (Phi) is 5.63. The largest absolute Gasteiger partial charge is 0.480 e. The van der Waals surface area contributed by atoms with E-state index in [4.69, 9.17) is 16.7 Å². The number of carbonyl (C=O) groups is 1. The molecule has 4 heteroatoms. The van der Waals surface area contributed by atoms with Crippen molar-refractivity contribution in [1.29, 1.82) is 0 Å². The van der Waals surface area contributed by atoms with Crippen LogP contribution in [0.1, 0.15) is 31.4 Å².